The second kappa shape index (κ2) is 7.62. The standard InChI is InChI=1S/C20H22FN5O2S/c1-12-24-25-19(28-12)29-11-18(27)23-16-8-20(2,3)9-17-15(16)10-22-26(17)14-6-4-5-13(21)7-14/h4-7,10,16H,8-9,11H2,1-3H3,(H,23,27). The van der Waals surface area contributed by atoms with Crippen molar-refractivity contribution in [1.29, 1.82) is 0 Å². The number of amides is 1. The predicted octanol–water partition coefficient (Wildman–Crippen LogP) is 3.62. The summed E-state index contributed by atoms with van der Waals surface area (Å²) in [4.78, 5) is 12.5. The molecule has 0 spiro atoms. The molecule has 2 aromatic heterocycles. The average Bonchev–Trinajstić information content (AvgIpc) is 3.25. The van der Waals surface area contributed by atoms with E-state index in [1.54, 1.807) is 23.9 Å². The highest BCUT2D eigenvalue weighted by molar-refractivity contribution is 7.99. The molecular weight excluding hydrogens is 393 g/mol. The van der Waals surface area contributed by atoms with E-state index in [9.17, 15) is 9.18 Å². The fourth-order valence-electron chi connectivity index (χ4n) is 3.70. The van der Waals surface area contributed by atoms with Gasteiger partial charge < -0.3 is 9.73 Å². The van der Waals surface area contributed by atoms with Gasteiger partial charge in [-0.05, 0) is 36.5 Å². The van der Waals surface area contributed by atoms with Crippen molar-refractivity contribution in [3.63, 3.8) is 0 Å². The van der Waals surface area contributed by atoms with Gasteiger partial charge in [-0.3, -0.25) is 4.79 Å². The first-order chi connectivity index (χ1) is 13.8. The van der Waals surface area contributed by atoms with Crippen LogP contribution in [0, 0.1) is 18.2 Å². The van der Waals surface area contributed by atoms with Crippen LogP contribution in [-0.4, -0.2) is 31.6 Å². The van der Waals surface area contributed by atoms with E-state index in [1.807, 2.05) is 6.07 Å². The van der Waals surface area contributed by atoms with Crippen molar-refractivity contribution < 1.29 is 13.6 Å². The smallest absolute Gasteiger partial charge is 0.277 e. The van der Waals surface area contributed by atoms with E-state index in [0.29, 0.717) is 16.8 Å². The van der Waals surface area contributed by atoms with Crippen molar-refractivity contribution in [3.05, 3.63) is 53.4 Å². The number of fused-ring (bicyclic) bond motifs is 1. The van der Waals surface area contributed by atoms with Crippen LogP contribution in [-0.2, 0) is 11.2 Å². The van der Waals surface area contributed by atoms with Crippen LogP contribution in [0.4, 0.5) is 4.39 Å². The SMILES string of the molecule is Cc1nnc(SCC(=O)NC2CC(C)(C)Cc3c2cnn3-c2cccc(F)c2)o1. The van der Waals surface area contributed by atoms with Crippen LogP contribution in [0.25, 0.3) is 5.69 Å². The Balaban J connectivity index is 1.54. The van der Waals surface area contributed by atoms with Gasteiger partial charge in [-0.15, -0.1) is 10.2 Å². The van der Waals surface area contributed by atoms with Crippen molar-refractivity contribution in [2.75, 3.05) is 5.75 Å². The molecule has 1 atom stereocenters. The van der Waals surface area contributed by atoms with Gasteiger partial charge in [0, 0.05) is 12.5 Å². The highest BCUT2D eigenvalue weighted by atomic mass is 32.2. The van der Waals surface area contributed by atoms with Crippen molar-refractivity contribution in [3.8, 4) is 5.69 Å². The summed E-state index contributed by atoms with van der Waals surface area (Å²) in [5.41, 5.74) is 2.61. The topological polar surface area (TPSA) is 85.8 Å². The second-order valence-corrected chi connectivity index (χ2v) is 8.91. The zero-order valence-corrected chi connectivity index (χ0v) is 17.3. The molecule has 0 fully saturated rings. The molecule has 0 saturated carbocycles. The van der Waals surface area contributed by atoms with Gasteiger partial charge in [0.25, 0.3) is 5.22 Å². The molecule has 2 heterocycles. The van der Waals surface area contributed by atoms with Gasteiger partial charge in [0.15, 0.2) is 0 Å². The van der Waals surface area contributed by atoms with E-state index < -0.39 is 0 Å². The zero-order chi connectivity index (χ0) is 20.6. The summed E-state index contributed by atoms with van der Waals surface area (Å²) in [5, 5.41) is 15.6. The molecule has 4 rings (SSSR count). The van der Waals surface area contributed by atoms with Crippen LogP contribution in [0.15, 0.2) is 40.1 Å². The Kier molecular flexibility index (Phi) is 5.16. The Bertz CT molecular complexity index is 1050. The normalized spacial score (nSPS) is 17.7. The van der Waals surface area contributed by atoms with E-state index in [1.165, 1.54) is 23.9 Å². The maximum absolute atomic E-state index is 13.7. The lowest BCUT2D eigenvalue weighted by Crippen LogP contribution is -2.37. The van der Waals surface area contributed by atoms with Crippen molar-refractivity contribution >= 4 is 17.7 Å². The lowest BCUT2D eigenvalue weighted by atomic mass is 9.74. The average molecular weight is 415 g/mol. The third-order valence-electron chi connectivity index (χ3n) is 4.90. The van der Waals surface area contributed by atoms with E-state index in [4.69, 9.17) is 4.42 Å². The van der Waals surface area contributed by atoms with Gasteiger partial charge >= 0.3 is 0 Å². The fourth-order valence-corrected chi connectivity index (χ4v) is 4.32. The van der Waals surface area contributed by atoms with E-state index in [0.717, 1.165) is 24.1 Å². The first kappa shape index (κ1) is 19.6. The Morgan fingerprint density at radius 2 is 2.24 bits per heavy atom. The number of aryl methyl sites for hydroxylation is 1. The number of nitrogens with one attached hydrogen (secondary N) is 1. The van der Waals surface area contributed by atoms with E-state index in [2.05, 4.69) is 34.5 Å². The Morgan fingerprint density at radius 1 is 1.41 bits per heavy atom. The maximum Gasteiger partial charge on any atom is 0.277 e. The summed E-state index contributed by atoms with van der Waals surface area (Å²) in [7, 11) is 0. The fraction of sp³-hybridized carbons (Fsp3) is 0.400. The summed E-state index contributed by atoms with van der Waals surface area (Å²) < 4.78 is 20.8. The molecule has 1 N–H and O–H groups in total. The van der Waals surface area contributed by atoms with Crippen LogP contribution >= 0.6 is 11.8 Å². The van der Waals surface area contributed by atoms with Gasteiger partial charge in [-0.25, -0.2) is 9.07 Å². The summed E-state index contributed by atoms with van der Waals surface area (Å²) in [6.07, 6.45) is 3.36. The molecule has 9 heteroatoms. The van der Waals surface area contributed by atoms with Crippen molar-refractivity contribution in [2.24, 2.45) is 5.41 Å². The van der Waals surface area contributed by atoms with Gasteiger partial charge in [-0.1, -0.05) is 31.7 Å². The minimum atomic E-state index is -0.306. The van der Waals surface area contributed by atoms with E-state index >= 15 is 0 Å². The van der Waals surface area contributed by atoms with Crippen LogP contribution in [0.1, 0.15) is 43.5 Å². The third-order valence-corrected chi connectivity index (χ3v) is 5.72. The molecule has 0 saturated heterocycles. The van der Waals surface area contributed by atoms with Crippen LogP contribution in [0.5, 0.6) is 0 Å². The van der Waals surface area contributed by atoms with Crippen molar-refractivity contribution in [1.82, 2.24) is 25.3 Å². The maximum atomic E-state index is 13.7. The molecule has 0 aliphatic heterocycles. The number of nitrogens with zero attached hydrogens (tertiary/aromatic N) is 4. The number of halogens is 1. The summed E-state index contributed by atoms with van der Waals surface area (Å²) in [6, 6.07) is 6.21. The monoisotopic (exact) mass is 415 g/mol. The zero-order valence-electron chi connectivity index (χ0n) is 16.5. The number of thioether (sulfide) groups is 1. The van der Waals surface area contributed by atoms with Gasteiger partial charge in [0.05, 0.1) is 29.4 Å². The predicted molar refractivity (Wildman–Crippen MR) is 106 cm³/mol. The second-order valence-electron chi connectivity index (χ2n) is 7.98. The molecule has 0 radical (unpaired) electrons. The van der Waals surface area contributed by atoms with Crippen molar-refractivity contribution in [2.45, 2.75) is 44.9 Å². The summed E-state index contributed by atoms with van der Waals surface area (Å²) >= 11 is 1.21. The molecule has 1 aliphatic carbocycles. The van der Waals surface area contributed by atoms with Gasteiger partial charge in [0.1, 0.15) is 5.82 Å². The molecule has 1 aromatic carbocycles. The number of hydrogen-bond donors (Lipinski definition) is 1. The first-order valence-electron chi connectivity index (χ1n) is 9.36. The quantitative estimate of drug-likeness (QED) is 0.641. The summed E-state index contributed by atoms with van der Waals surface area (Å²) in [5.74, 6) is 0.237. The third kappa shape index (κ3) is 4.34. The molecule has 152 valence electrons. The Hall–Kier alpha value is -2.68. The lowest BCUT2D eigenvalue weighted by molar-refractivity contribution is -0.119. The number of benzene rings is 1. The number of rotatable bonds is 5. The highest BCUT2D eigenvalue weighted by Crippen LogP contribution is 2.41. The first-order valence-corrected chi connectivity index (χ1v) is 10.3. The molecule has 1 amide bonds. The lowest BCUT2D eigenvalue weighted by Gasteiger charge is -2.36. The minimum absolute atomic E-state index is 0.0349. The molecule has 1 unspecified atom stereocenters. The summed E-state index contributed by atoms with van der Waals surface area (Å²) in [6.45, 7) is 6.03. The Labute approximate surface area is 172 Å². The molecule has 0 bridgehead atoms. The molecular formula is C20H22FN5O2S. The highest BCUT2D eigenvalue weighted by Gasteiger charge is 2.36. The molecule has 1 aliphatic rings. The van der Waals surface area contributed by atoms with Gasteiger partial charge in [0.2, 0.25) is 11.8 Å². The minimum Gasteiger partial charge on any atom is -0.416 e. The number of carbonyl (C=O) groups is 1. The molecule has 29 heavy (non-hydrogen) atoms. The number of carbonyl (C=O) groups excluding carboxylic acids is 1. The van der Waals surface area contributed by atoms with Gasteiger partial charge in [-0.2, -0.15) is 5.10 Å². The Morgan fingerprint density at radius 3 is 2.97 bits per heavy atom. The number of hydrogen-bond acceptors (Lipinski definition) is 6. The van der Waals surface area contributed by atoms with E-state index in [-0.39, 0.29) is 28.9 Å². The number of aromatic nitrogens is 4. The van der Waals surface area contributed by atoms with Crippen LogP contribution in [0.2, 0.25) is 0 Å². The largest absolute Gasteiger partial charge is 0.416 e. The van der Waals surface area contributed by atoms with Crippen LogP contribution < -0.4 is 5.32 Å². The van der Waals surface area contributed by atoms with Crippen LogP contribution in [0.3, 0.4) is 0 Å². The molecule has 7 nitrogen and oxygen atoms in total. The molecule has 3 aromatic rings.